The molecule has 4 heterocycles. The molecule has 0 fully saturated rings. The van der Waals surface area contributed by atoms with Crippen LogP contribution in [0.4, 0.5) is 17.3 Å². The summed E-state index contributed by atoms with van der Waals surface area (Å²) in [6.45, 7) is 1.99. The highest BCUT2D eigenvalue weighted by molar-refractivity contribution is 7.12. The monoisotopic (exact) mass is 585 g/mol. The molecule has 1 atom stereocenters. The van der Waals surface area contributed by atoms with E-state index in [0.717, 1.165) is 52.4 Å². The van der Waals surface area contributed by atoms with Crippen molar-refractivity contribution >= 4 is 40.2 Å². The summed E-state index contributed by atoms with van der Waals surface area (Å²) in [7, 11) is 4.28. The average molecular weight is 586 g/mol. The zero-order valence-corrected chi connectivity index (χ0v) is 25.0. The Labute approximate surface area is 254 Å². The molecule has 1 aliphatic carbocycles. The number of likely N-dealkylation sites (N-methyl/N-ethyl adjacent to an activating group) is 1. The number of amides is 1. The van der Waals surface area contributed by atoms with E-state index in [1.54, 1.807) is 6.20 Å². The summed E-state index contributed by atoms with van der Waals surface area (Å²) in [6, 6.07) is 24.6. The van der Waals surface area contributed by atoms with E-state index < -0.39 is 0 Å². The zero-order chi connectivity index (χ0) is 29.5. The summed E-state index contributed by atoms with van der Waals surface area (Å²) in [5, 5.41) is 8.44. The zero-order valence-electron chi connectivity index (χ0n) is 24.2. The number of imidazole rings is 1. The number of carbonyl (C=O) groups is 1. The van der Waals surface area contributed by atoms with E-state index in [1.807, 2.05) is 77.5 Å². The van der Waals surface area contributed by atoms with Gasteiger partial charge in [-0.2, -0.15) is 0 Å². The van der Waals surface area contributed by atoms with Gasteiger partial charge in [0.05, 0.1) is 22.0 Å². The van der Waals surface area contributed by atoms with Gasteiger partial charge in [0.1, 0.15) is 5.65 Å². The molecule has 2 N–H and O–H groups in total. The van der Waals surface area contributed by atoms with E-state index in [0.29, 0.717) is 22.6 Å². The molecule has 0 spiro atoms. The lowest BCUT2D eigenvalue weighted by Crippen LogP contribution is -2.27. The first-order valence-electron chi connectivity index (χ1n) is 14.2. The smallest absolute Gasteiger partial charge is 0.265 e. The fourth-order valence-corrected chi connectivity index (χ4v) is 6.44. The van der Waals surface area contributed by atoms with Gasteiger partial charge in [0.2, 0.25) is 5.95 Å². The van der Waals surface area contributed by atoms with Gasteiger partial charge >= 0.3 is 0 Å². The van der Waals surface area contributed by atoms with Crippen molar-refractivity contribution in [3.8, 4) is 22.6 Å². The van der Waals surface area contributed by atoms with Gasteiger partial charge in [-0.1, -0.05) is 24.3 Å². The highest BCUT2D eigenvalue weighted by Gasteiger charge is 2.23. The van der Waals surface area contributed by atoms with E-state index in [-0.39, 0.29) is 5.91 Å². The van der Waals surface area contributed by atoms with Crippen LogP contribution in [-0.2, 0) is 12.8 Å². The Kier molecular flexibility index (Phi) is 6.96. The van der Waals surface area contributed by atoms with Crippen molar-refractivity contribution in [1.29, 1.82) is 0 Å². The Hall–Kier alpha value is -4.86. The van der Waals surface area contributed by atoms with Gasteiger partial charge < -0.3 is 15.5 Å². The number of aromatic nitrogens is 4. The quantitative estimate of drug-likeness (QED) is 0.213. The Balaban J connectivity index is 1.22. The van der Waals surface area contributed by atoms with Crippen LogP contribution in [0.15, 0.2) is 90.6 Å². The second-order valence-electron chi connectivity index (χ2n) is 11.2. The molecule has 1 amide bonds. The third kappa shape index (κ3) is 5.40. The van der Waals surface area contributed by atoms with Gasteiger partial charge in [0, 0.05) is 35.4 Å². The molecular weight excluding hydrogens is 554 g/mol. The second kappa shape index (κ2) is 11.1. The number of thiophene rings is 1. The van der Waals surface area contributed by atoms with E-state index in [4.69, 9.17) is 9.97 Å². The molecule has 6 aromatic rings. The SMILES string of the molecule is Cc1csc(C(=O)Nc2cccc(-c3nc4ccccn4c3-c3ccnc(Nc4ccc5c(c4)CC(N(C)C)C5)n3)c2)c1. The van der Waals surface area contributed by atoms with Crippen LogP contribution in [-0.4, -0.2) is 50.3 Å². The molecule has 7 rings (SSSR count). The molecule has 0 radical (unpaired) electrons. The van der Waals surface area contributed by atoms with Gasteiger partial charge in [0.15, 0.2) is 0 Å². The number of carbonyl (C=O) groups excluding carboxylic acids is 1. The topological polar surface area (TPSA) is 87.5 Å². The predicted octanol–water partition coefficient (Wildman–Crippen LogP) is 6.85. The van der Waals surface area contributed by atoms with Gasteiger partial charge in [-0.3, -0.25) is 9.20 Å². The Morgan fingerprint density at radius 2 is 1.84 bits per heavy atom. The fraction of sp³-hybridized carbons (Fsp3) is 0.176. The lowest BCUT2D eigenvalue weighted by molar-refractivity contribution is 0.103. The number of rotatable bonds is 7. The average Bonchev–Trinajstić information content (AvgIpc) is 3.74. The van der Waals surface area contributed by atoms with Crippen LogP contribution in [0.2, 0.25) is 0 Å². The minimum absolute atomic E-state index is 0.124. The number of pyridine rings is 1. The molecule has 1 unspecified atom stereocenters. The summed E-state index contributed by atoms with van der Waals surface area (Å²) in [6.07, 6.45) is 5.87. The number of hydrogen-bond donors (Lipinski definition) is 2. The molecule has 4 aromatic heterocycles. The van der Waals surface area contributed by atoms with Gasteiger partial charge in [-0.25, -0.2) is 15.0 Å². The van der Waals surface area contributed by atoms with Crippen molar-refractivity contribution in [3.05, 3.63) is 112 Å². The van der Waals surface area contributed by atoms with Crippen molar-refractivity contribution < 1.29 is 4.79 Å². The molecule has 214 valence electrons. The first-order valence-corrected chi connectivity index (χ1v) is 15.1. The van der Waals surface area contributed by atoms with Crippen molar-refractivity contribution in [3.63, 3.8) is 0 Å². The third-order valence-electron chi connectivity index (χ3n) is 7.88. The van der Waals surface area contributed by atoms with Gasteiger partial charge in [-0.15, -0.1) is 11.3 Å². The lowest BCUT2D eigenvalue weighted by atomic mass is 10.1. The maximum atomic E-state index is 12.9. The van der Waals surface area contributed by atoms with Crippen LogP contribution in [0.3, 0.4) is 0 Å². The number of hydrogen-bond acceptors (Lipinski definition) is 7. The van der Waals surface area contributed by atoms with E-state index >= 15 is 0 Å². The van der Waals surface area contributed by atoms with Crippen LogP contribution >= 0.6 is 11.3 Å². The highest BCUT2D eigenvalue weighted by atomic mass is 32.1. The molecule has 9 heteroatoms. The van der Waals surface area contributed by atoms with Crippen LogP contribution < -0.4 is 10.6 Å². The second-order valence-corrected chi connectivity index (χ2v) is 12.1. The molecule has 0 saturated carbocycles. The number of fused-ring (bicyclic) bond motifs is 2. The minimum atomic E-state index is -0.124. The first-order chi connectivity index (χ1) is 20.9. The number of nitrogens with one attached hydrogen (secondary N) is 2. The highest BCUT2D eigenvalue weighted by Crippen LogP contribution is 2.34. The van der Waals surface area contributed by atoms with Crippen molar-refractivity contribution in [2.75, 3.05) is 24.7 Å². The Morgan fingerprint density at radius 3 is 2.67 bits per heavy atom. The normalized spacial score (nSPS) is 14.3. The maximum absolute atomic E-state index is 12.9. The Bertz CT molecular complexity index is 1980. The van der Waals surface area contributed by atoms with Crippen molar-refractivity contribution in [2.24, 2.45) is 0 Å². The molecule has 1 aliphatic rings. The minimum Gasteiger partial charge on any atom is -0.324 e. The standard InChI is InChI=1S/C34H31N7OS/c1-21-15-29(43-20-21)33(42)36-25-8-6-7-23(16-25)31-32(41-14-5-4-9-30(41)39-31)28-12-13-35-34(38-28)37-26-11-10-22-18-27(40(2)3)19-24(22)17-26/h4-17,20,27H,18-19H2,1-3H3,(H,36,42)(H,35,37,38). The number of nitrogens with zero attached hydrogens (tertiary/aromatic N) is 5. The summed E-state index contributed by atoms with van der Waals surface area (Å²) in [5.74, 6) is 0.393. The van der Waals surface area contributed by atoms with Crippen molar-refractivity contribution in [2.45, 2.75) is 25.8 Å². The summed E-state index contributed by atoms with van der Waals surface area (Å²) >= 11 is 1.44. The van der Waals surface area contributed by atoms with Gasteiger partial charge in [0.25, 0.3) is 5.91 Å². The van der Waals surface area contributed by atoms with E-state index in [1.165, 1.54) is 22.5 Å². The van der Waals surface area contributed by atoms with Crippen LogP contribution in [0.1, 0.15) is 26.4 Å². The first kappa shape index (κ1) is 27.0. The summed E-state index contributed by atoms with van der Waals surface area (Å²) < 4.78 is 2.04. The molecule has 0 saturated heterocycles. The predicted molar refractivity (Wildman–Crippen MR) is 173 cm³/mol. The molecule has 0 aliphatic heterocycles. The van der Waals surface area contributed by atoms with Gasteiger partial charge in [-0.05, 0) is 104 Å². The maximum Gasteiger partial charge on any atom is 0.265 e. The summed E-state index contributed by atoms with van der Waals surface area (Å²) in [4.78, 5) is 30.3. The largest absolute Gasteiger partial charge is 0.324 e. The van der Waals surface area contributed by atoms with Crippen LogP contribution in [0.25, 0.3) is 28.3 Å². The number of anilines is 3. The molecular formula is C34H31N7OS. The van der Waals surface area contributed by atoms with Crippen LogP contribution in [0.5, 0.6) is 0 Å². The van der Waals surface area contributed by atoms with Crippen molar-refractivity contribution in [1.82, 2.24) is 24.3 Å². The van der Waals surface area contributed by atoms with E-state index in [9.17, 15) is 4.79 Å². The number of benzene rings is 2. The van der Waals surface area contributed by atoms with E-state index in [2.05, 4.69) is 52.8 Å². The molecule has 43 heavy (non-hydrogen) atoms. The molecule has 2 aromatic carbocycles. The summed E-state index contributed by atoms with van der Waals surface area (Å²) in [5.41, 5.74) is 9.55. The third-order valence-corrected chi connectivity index (χ3v) is 8.93. The lowest BCUT2D eigenvalue weighted by Gasteiger charge is -2.17. The molecule has 0 bridgehead atoms. The molecule has 8 nitrogen and oxygen atoms in total. The fourth-order valence-electron chi connectivity index (χ4n) is 5.65. The number of aryl methyl sites for hydroxylation is 1. The van der Waals surface area contributed by atoms with Crippen LogP contribution in [0, 0.1) is 6.92 Å². The Morgan fingerprint density at radius 1 is 0.953 bits per heavy atom.